The van der Waals surface area contributed by atoms with Gasteiger partial charge in [0.15, 0.2) is 0 Å². The molecule has 0 radical (unpaired) electrons. The number of rotatable bonds is 4. The number of carbonyl (C=O) groups excluding carboxylic acids is 1. The highest BCUT2D eigenvalue weighted by Gasteiger charge is 2.24. The Morgan fingerprint density at radius 1 is 1.50 bits per heavy atom. The number of likely N-dealkylation sites (N-methyl/N-ethyl adjacent to an activating group) is 1. The molecule has 0 unspecified atom stereocenters. The molecule has 0 aliphatic heterocycles. The highest BCUT2D eigenvalue weighted by molar-refractivity contribution is 6.30. The van der Waals surface area contributed by atoms with Crippen LogP contribution in [0.25, 0.3) is 0 Å². The molecular formula is C14H20ClN3O2. The lowest BCUT2D eigenvalue weighted by Gasteiger charge is -2.29. The summed E-state index contributed by atoms with van der Waals surface area (Å²) in [7, 11) is 1.80. The Bertz CT molecular complexity index is 452. The first-order chi connectivity index (χ1) is 9.56. The molecule has 1 aromatic heterocycles. The molecule has 1 amide bonds. The number of hydrogen-bond donors (Lipinski definition) is 2. The molecule has 2 atom stereocenters. The number of nitrogens with one attached hydrogen (secondary N) is 1. The molecule has 1 saturated carbocycles. The first-order valence-corrected chi connectivity index (χ1v) is 7.24. The van der Waals surface area contributed by atoms with Crippen molar-refractivity contribution in [2.45, 2.75) is 37.8 Å². The van der Waals surface area contributed by atoms with Crippen molar-refractivity contribution in [1.82, 2.24) is 10.3 Å². The summed E-state index contributed by atoms with van der Waals surface area (Å²) in [6, 6.07) is 3.39. The average Bonchev–Trinajstić information content (AvgIpc) is 2.42. The van der Waals surface area contributed by atoms with Crippen molar-refractivity contribution in [2.75, 3.05) is 18.5 Å². The van der Waals surface area contributed by atoms with Gasteiger partial charge in [-0.3, -0.25) is 4.79 Å². The molecule has 1 aliphatic rings. The molecule has 0 spiro atoms. The van der Waals surface area contributed by atoms with Crippen LogP contribution in [-0.4, -0.2) is 41.7 Å². The number of pyridine rings is 1. The van der Waals surface area contributed by atoms with E-state index in [9.17, 15) is 9.90 Å². The first-order valence-electron chi connectivity index (χ1n) is 6.86. The normalized spacial score (nSPS) is 22.4. The molecule has 2 rings (SSSR count). The van der Waals surface area contributed by atoms with Crippen molar-refractivity contribution in [3.63, 3.8) is 0 Å². The van der Waals surface area contributed by atoms with Crippen LogP contribution in [0.15, 0.2) is 18.3 Å². The zero-order chi connectivity index (χ0) is 14.5. The van der Waals surface area contributed by atoms with E-state index < -0.39 is 6.10 Å². The summed E-state index contributed by atoms with van der Waals surface area (Å²) < 4.78 is 0. The Balaban J connectivity index is 1.85. The zero-order valence-corrected chi connectivity index (χ0v) is 12.3. The van der Waals surface area contributed by atoms with Crippen molar-refractivity contribution in [1.29, 1.82) is 0 Å². The van der Waals surface area contributed by atoms with Crippen molar-refractivity contribution in [3.05, 3.63) is 23.4 Å². The number of anilines is 1. The monoisotopic (exact) mass is 297 g/mol. The van der Waals surface area contributed by atoms with E-state index in [1.807, 2.05) is 0 Å². The Morgan fingerprint density at radius 2 is 2.25 bits per heavy atom. The summed E-state index contributed by atoms with van der Waals surface area (Å²) in [6.07, 6.45) is 4.82. The molecule has 1 fully saturated rings. The highest BCUT2D eigenvalue weighted by atomic mass is 35.5. The standard InChI is InChI=1S/C14H20ClN3O2/c1-18(13-7-6-10(15)8-16-13)9-14(20)17-11-4-2-3-5-12(11)19/h6-8,11-12,19H,2-5,9H2,1H3,(H,17,20)/t11-,12-/m0/s1. The maximum atomic E-state index is 12.0. The van der Waals surface area contributed by atoms with Gasteiger partial charge in [-0.25, -0.2) is 4.98 Å². The van der Waals surface area contributed by atoms with E-state index in [2.05, 4.69) is 10.3 Å². The van der Waals surface area contributed by atoms with Crippen LogP contribution in [0.2, 0.25) is 5.02 Å². The van der Waals surface area contributed by atoms with Crippen molar-refractivity contribution < 1.29 is 9.90 Å². The number of hydrogen-bond acceptors (Lipinski definition) is 4. The number of carbonyl (C=O) groups is 1. The van der Waals surface area contributed by atoms with E-state index >= 15 is 0 Å². The molecule has 0 aromatic carbocycles. The van der Waals surface area contributed by atoms with E-state index in [1.54, 1.807) is 30.3 Å². The van der Waals surface area contributed by atoms with E-state index in [0.717, 1.165) is 25.7 Å². The van der Waals surface area contributed by atoms with Gasteiger partial charge >= 0.3 is 0 Å². The Morgan fingerprint density at radius 3 is 2.90 bits per heavy atom. The fourth-order valence-electron chi connectivity index (χ4n) is 2.42. The van der Waals surface area contributed by atoms with Crippen LogP contribution in [0.5, 0.6) is 0 Å². The summed E-state index contributed by atoms with van der Waals surface area (Å²) in [5.74, 6) is 0.587. The van der Waals surface area contributed by atoms with Crippen molar-refractivity contribution >= 4 is 23.3 Å². The number of aromatic nitrogens is 1. The van der Waals surface area contributed by atoms with Gasteiger partial charge in [0.05, 0.1) is 23.7 Å². The van der Waals surface area contributed by atoms with E-state index in [-0.39, 0.29) is 18.5 Å². The van der Waals surface area contributed by atoms with E-state index in [0.29, 0.717) is 10.8 Å². The van der Waals surface area contributed by atoms with Crippen LogP contribution in [0.4, 0.5) is 5.82 Å². The minimum absolute atomic E-state index is 0.102. The van der Waals surface area contributed by atoms with Crippen molar-refractivity contribution in [3.8, 4) is 0 Å². The predicted octanol–water partition coefficient (Wildman–Crippen LogP) is 1.59. The largest absolute Gasteiger partial charge is 0.391 e. The molecular weight excluding hydrogens is 278 g/mol. The van der Waals surface area contributed by atoms with Crippen molar-refractivity contribution in [2.24, 2.45) is 0 Å². The lowest BCUT2D eigenvalue weighted by Crippen LogP contribution is -2.48. The van der Waals surface area contributed by atoms with Gasteiger partial charge < -0.3 is 15.3 Å². The minimum Gasteiger partial charge on any atom is -0.391 e. The molecule has 1 heterocycles. The van der Waals surface area contributed by atoms with Crippen LogP contribution in [0, 0.1) is 0 Å². The molecule has 1 aliphatic carbocycles. The number of aliphatic hydroxyl groups excluding tert-OH is 1. The van der Waals surface area contributed by atoms with Gasteiger partial charge in [0.2, 0.25) is 5.91 Å². The quantitative estimate of drug-likeness (QED) is 0.886. The Labute approximate surface area is 123 Å². The van der Waals surface area contributed by atoms with Gasteiger partial charge in [-0.05, 0) is 25.0 Å². The average molecular weight is 298 g/mol. The highest BCUT2D eigenvalue weighted by Crippen LogP contribution is 2.18. The third-order valence-electron chi connectivity index (χ3n) is 3.56. The van der Waals surface area contributed by atoms with Crippen LogP contribution in [-0.2, 0) is 4.79 Å². The first kappa shape index (κ1) is 15.1. The molecule has 110 valence electrons. The molecule has 5 nitrogen and oxygen atoms in total. The van der Waals surface area contributed by atoms with Gasteiger partial charge in [0.25, 0.3) is 0 Å². The SMILES string of the molecule is CN(CC(=O)N[C@H]1CCCC[C@@H]1O)c1ccc(Cl)cn1. The van der Waals surface area contributed by atoms with Crippen LogP contribution in [0.1, 0.15) is 25.7 Å². The second-order valence-electron chi connectivity index (χ2n) is 5.22. The van der Waals surface area contributed by atoms with E-state index in [4.69, 9.17) is 11.6 Å². The fourth-order valence-corrected chi connectivity index (χ4v) is 2.53. The summed E-state index contributed by atoms with van der Waals surface area (Å²) in [6.45, 7) is 0.206. The maximum Gasteiger partial charge on any atom is 0.239 e. The van der Waals surface area contributed by atoms with Crippen LogP contribution < -0.4 is 10.2 Å². The smallest absolute Gasteiger partial charge is 0.239 e. The molecule has 0 bridgehead atoms. The summed E-state index contributed by atoms with van der Waals surface area (Å²) >= 11 is 5.78. The third-order valence-corrected chi connectivity index (χ3v) is 3.78. The molecule has 1 aromatic rings. The summed E-state index contributed by atoms with van der Waals surface area (Å²) in [4.78, 5) is 17.9. The number of halogens is 1. The lowest BCUT2D eigenvalue weighted by molar-refractivity contribution is -0.121. The third kappa shape index (κ3) is 4.08. The molecule has 6 heteroatoms. The zero-order valence-electron chi connectivity index (χ0n) is 11.6. The van der Waals surface area contributed by atoms with Gasteiger partial charge in [-0.15, -0.1) is 0 Å². The summed E-state index contributed by atoms with van der Waals surface area (Å²) in [5.41, 5.74) is 0. The summed E-state index contributed by atoms with van der Waals surface area (Å²) in [5, 5.41) is 13.3. The predicted molar refractivity (Wildman–Crippen MR) is 78.9 cm³/mol. The topological polar surface area (TPSA) is 65.5 Å². The second kappa shape index (κ2) is 6.90. The van der Waals surface area contributed by atoms with Crippen LogP contribution >= 0.6 is 11.6 Å². The van der Waals surface area contributed by atoms with E-state index in [1.165, 1.54) is 0 Å². The lowest BCUT2D eigenvalue weighted by atomic mass is 9.92. The maximum absolute atomic E-state index is 12.0. The fraction of sp³-hybridized carbons (Fsp3) is 0.571. The number of amides is 1. The minimum atomic E-state index is -0.424. The van der Waals surface area contributed by atoms with Gasteiger partial charge in [-0.2, -0.15) is 0 Å². The second-order valence-corrected chi connectivity index (χ2v) is 5.65. The van der Waals surface area contributed by atoms with Gasteiger partial charge in [0, 0.05) is 13.2 Å². The molecule has 0 saturated heterocycles. The Hall–Kier alpha value is -1.33. The molecule has 20 heavy (non-hydrogen) atoms. The number of aliphatic hydroxyl groups is 1. The van der Waals surface area contributed by atoms with Gasteiger partial charge in [0.1, 0.15) is 5.82 Å². The number of nitrogens with zero attached hydrogens (tertiary/aromatic N) is 2. The Kier molecular flexibility index (Phi) is 5.20. The molecule has 2 N–H and O–H groups in total. The van der Waals surface area contributed by atoms with Gasteiger partial charge in [-0.1, -0.05) is 24.4 Å². The van der Waals surface area contributed by atoms with Crippen LogP contribution in [0.3, 0.4) is 0 Å².